The number of pyridine rings is 1. The summed E-state index contributed by atoms with van der Waals surface area (Å²) >= 11 is 0. The average Bonchev–Trinajstić information content (AvgIpc) is 2.45. The van der Waals surface area contributed by atoms with Crippen molar-refractivity contribution in [2.75, 3.05) is 0 Å². The summed E-state index contributed by atoms with van der Waals surface area (Å²) in [7, 11) is 0. The minimum atomic E-state index is -4.82. The Morgan fingerprint density at radius 3 is 2.43 bits per heavy atom. The Balaban J connectivity index is 2.09. The Labute approximate surface area is 119 Å². The molecule has 0 amide bonds. The molecule has 0 N–H and O–H groups in total. The van der Waals surface area contributed by atoms with Gasteiger partial charge in [0.2, 0.25) is 0 Å². The maximum Gasteiger partial charge on any atom is 0.573 e. The van der Waals surface area contributed by atoms with E-state index in [0.717, 1.165) is 11.6 Å². The number of ether oxygens (including phenoxy) is 1. The molecule has 1 aromatic heterocycles. The van der Waals surface area contributed by atoms with Gasteiger partial charge in [-0.1, -0.05) is 12.1 Å². The number of aromatic nitrogens is 1. The molecular weight excluding hydrogens is 283 g/mol. The van der Waals surface area contributed by atoms with Crippen LogP contribution in [-0.4, -0.2) is 17.1 Å². The molecule has 21 heavy (non-hydrogen) atoms. The van der Waals surface area contributed by atoms with E-state index in [1.165, 1.54) is 18.2 Å². The van der Waals surface area contributed by atoms with Crippen molar-refractivity contribution in [1.29, 1.82) is 0 Å². The maximum absolute atomic E-state index is 12.3. The van der Waals surface area contributed by atoms with Gasteiger partial charge in [0.15, 0.2) is 5.78 Å². The number of halogens is 3. The van der Waals surface area contributed by atoms with Crippen molar-refractivity contribution in [1.82, 2.24) is 4.98 Å². The quantitative estimate of drug-likeness (QED) is 0.788. The predicted octanol–water partition coefficient (Wildman–Crippen LogP) is 3.80. The van der Waals surface area contributed by atoms with Gasteiger partial charge in [-0.25, -0.2) is 0 Å². The van der Waals surface area contributed by atoms with Crippen LogP contribution in [0.5, 0.6) is 5.75 Å². The van der Waals surface area contributed by atoms with Gasteiger partial charge in [-0.15, -0.1) is 13.2 Å². The third-order valence-electron chi connectivity index (χ3n) is 2.80. The van der Waals surface area contributed by atoms with Crippen molar-refractivity contribution >= 4 is 5.78 Å². The zero-order valence-corrected chi connectivity index (χ0v) is 10.9. The third kappa shape index (κ3) is 4.59. The normalized spacial score (nSPS) is 11.2. The van der Waals surface area contributed by atoms with Crippen LogP contribution in [0.1, 0.15) is 22.3 Å². The van der Waals surface area contributed by atoms with E-state index in [4.69, 9.17) is 0 Å². The summed E-state index contributed by atoms with van der Waals surface area (Å²) in [6, 6.07) is 8.86. The van der Waals surface area contributed by atoms with Gasteiger partial charge in [0.05, 0.1) is 5.56 Å². The summed E-state index contributed by atoms with van der Waals surface area (Å²) < 4.78 is 40.8. The molecule has 1 heterocycles. The molecule has 0 aliphatic rings. The number of ketones is 1. The topological polar surface area (TPSA) is 39.2 Å². The van der Waals surface area contributed by atoms with Crippen LogP contribution in [-0.2, 0) is 6.42 Å². The molecule has 0 fully saturated rings. The number of carbonyl (C=O) groups excluding carboxylic acids is 1. The number of carbonyl (C=O) groups is 1. The predicted molar refractivity (Wildman–Crippen MR) is 70.0 cm³/mol. The Morgan fingerprint density at radius 1 is 1.10 bits per heavy atom. The molecule has 0 bridgehead atoms. The zero-order valence-electron chi connectivity index (χ0n) is 10.9. The van der Waals surface area contributed by atoms with Gasteiger partial charge in [-0.3, -0.25) is 9.78 Å². The summed E-state index contributed by atoms with van der Waals surface area (Å²) in [6.45, 7) is 0. The lowest BCUT2D eigenvalue weighted by molar-refractivity contribution is -0.274. The first-order valence-electron chi connectivity index (χ1n) is 6.22. The number of hydrogen-bond donors (Lipinski definition) is 0. The molecular formula is C15H12F3NO2. The Hall–Kier alpha value is -2.37. The van der Waals surface area contributed by atoms with Crippen LogP contribution >= 0.6 is 0 Å². The fourth-order valence-electron chi connectivity index (χ4n) is 1.85. The van der Waals surface area contributed by atoms with Crippen molar-refractivity contribution in [3.05, 3.63) is 59.9 Å². The maximum atomic E-state index is 12.3. The van der Waals surface area contributed by atoms with Crippen molar-refractivity contribution in [2.24, 2.45) is 0 Å². The summed E-state index contributed by atoms with van der Waals surface area (Å²) in [5, 5.41) is 0. The number of nitrogens with zero attached hydrogens (tertiary/aromatic N) is 1. The third-order valence-corrected chi connectivity index (χ3v) is 2.80. The van der Waals surface area contributed by atoms with E-state index in [0.29, 0.717) is 6.42 Å². The SMILES string of the molecule is O=C(CCc1ccncc1)c1ccccc1OC(F)(F)F. The lowest BCUT2D eigenvalue weighted by Crippen LogP contribution is -2.19. The number of rotatable bonds is 5. The van der Waals surface area contributed by atoms with Crippen LogP contribution in [0, 0.1) is 0 Å². The molecule has 6 heteroatoms. The Bertz CT molecular complexity index is 612. The highest BCUT2D eigenvalue weighted by Crippen LogP contribution is 2.27. The fourth-order valence-corrected chi connectivity index (χ4v) is 1.85. The molecule has 0 atom stereocenters. The number of Topliss-reactive ketones (excluding diaryl/α,β-unsaturated/α-hetero) is 1. The van der Waals surface area contributed by atoms with Gasteiger partial charge in [0.1, 0.15) is 5.75 Å². The monoisotopic (exact) mass is 295 g/mol. The first-order chi connectivity index (χ1) is 9.96. The van der Waals surface area contributed by atoms with Crippen molar-refractivity contribution < 1.29 is 22.7 Å². The van der Waals surface area contributed by atoms with Crippen LogP contribution in [0.25, 0.3) is 0 Å². The number of alkyl halides is 3. The number of benzene rings is 1. The minimum absolute atomic E-state index is 0.0659. The second kappa shape index (κ2) is 6.39. The van der Waals surface area contributed by atoms with E-state index in [1.807, 2.05) is 0 Å². The first-order valence-corrected chi connectivity index (χ1v) is 6.22. The summed E-state index contributed by atoms with van der Waals surface area (Å²) in [5.41, 5.74) is 0.830. The molecule has 0 saturated carbocycles. The number of hydrogen-bond acceptors (Lipinski definition) is 3. The molecule has 0 aliphatic heterocycles. The van der Waals surface area contributed by atoms with Gasteiger partial charge in [-0.2, -0.15) is 0 Å². The molecule has 3 nitrogen and oxygen atoms in total. The zero-order chi connectivity index (χ0) is 15.3. The van der Waals surface area contributed by atoms with Gasteiger partial charge in [0.25, 0.3) is 0 Å². The van der Waals surface area contributed by atoms with Gasteiger partial charge < -0.3 is 4.74 Å². The summed E-state index contributed by atoms with van der Waals surface area (Å²) in [5.74, 6) is -0.864. The Kier molecular flexibility index (Phi) is 4.57. The smallest absolute Gasteiger partial charge is 0.405 e. The second-order valence-corrected chi connectivity index (χ2v) is 4.32. The summed E-state index contributed by atoms with van der Waals surface area (Å²) in [4.78, 5) is 15.9. The van der Waals surface area contributed by atoms with E-state index in [-0.39, 0.29) is 12.0 Å². The first kappa shape index (κ1) is 15.0. The van der Waals surface area contributed by atoms with Gasteiger partial charge in [-0.05, 0) is 36.2 Å². The van der Waals surface area contributed by atoms with Crippen LogP contribution in [0.15, 0.2) is 48.8 Å². The van der Waals surface area contributed by atoms with Crippen LogP contribution < -0.4 is 4.74 Å². The standard InChI is InChI=1S/C15H12F3NO2/c16-15(17,18)21-14-4-2-1-3-12(14)13(20)6-5-11-7-9-19-10-8-11/h1-4,7-10H,5-6H2. The van der Waals surface area contributed by atoms with Crippen molar-refractivity contribution in [2.45, 2.75) is 19.2 Å². The van der Waals surface area contributed by atoms with E-state index < -0.39 is 17.9 Å². The molecule has 0 radical (unpaired) electrons. The molecule has 2 aromatic rings. The largest absolute Gasteiger partial charge is 0.573 e. The number of aryl methyl sites for hydroxylation is 1. The minimum Gasteiger partial charge on any atom is -0.405 e. The molecule has 0 saturated heterocycles. The van der Waals surface area contributed by atoms with Gasteiger partial charge in [0, 0.05) is 18.8 Å². The average molecular weight is 295 g/mol. The Morgan fingerprint density at radius 2 is 1.76 bits per heavy atom. The van der Waals surface area contributed by atoms with E-state index >= 15 is 0 Å². The van der Waals surface area contributed by atoms with Crippen LogP contribution in [0.2, 0.25) is 0 Å². The fraction of sp³-hybridized carbons (Fsp3) is 0.200. The van der Waals surface area contributed by atoms with E-state index in [2.05, 4.69) is 9.72 Å². The molecule has 1 aromatic carbocycles. The second-order valence-electron chi connectivity index (χ2n) is 4.32. The molecule has 110 valence electrons. The lowest BCUT2D eigenvalue weighted by Gasteiger charge is -2.12. The summed E-state index contributed by atoms with van der Waals surface area (Å²) in [6.07, 6.45) is -1.09. The van der Waals surface area contributed by atoms with E-state index in [9.17, 15) is 18.0 Å². The highest BCUT2D eigenvalue weighted by atomic mass is 19.4. The molecule has 0 spiro atoms. The van der Waals surface area contributed by atoms with Gasteiger partial charge >= 0.3 is 6.36 Å². The number of para-hydroxylation sites is 1. The van der Waals surface area contributed by atoms with Crippen molar-refractivity contribution in [3.63, 3.8) is 0 Å². The highest BCUT2D eigenvalue weighted by Gasteiger charge is 2.32. The highest BCUT2D eigenvalue weighted by molar-refractivity contribution is 5.98. The lowest BCUT2D eigenvalue weighted by atomic mass is 10.0. The van der Waals surface area contributed by atoms with Crippen LogP contribution in [0.3, 0.4) is 0 Å². The van der Waals surface area contributed by atoms with Crippen molar-refractivity contribution in [3.8, 4) is 5.75 Å². The molecule has 2 rings (SSSR count). The van der Waals surface area contributed by atoms with Crippen LogP contribution in [0.4, 0.5) is 13.2 Å². The molecule has 0 aliphatic carbocycles. The van der Waals surface area contributed by atoms with E-state index in [1.54, 1.807) is 24.5 Å². The molecule has 0 unspecified atom stereocenters.